The molecule has 1 fully saturated rings. The molecule has 4 nitrogen and oxygen atoms in total. The summed E-state index contributed by atoms with van der Waals surface area (Å²) in [6, 6.07) is 2.00. The maximum absolute atomic E-state index is 11.6. The van der Waals surface area contributed by atoms with E-state index in [0.29, 0.717) is 19.5 Å². The monoisotopic (exact) mass is 224 g/mol. The lowest BCUT2D eigenvalue weighted by Gasteiger charge is -2.18. The largest absolute Gasteiger partial charge is 0.347 e. The van der Waals surface area contributed by atoms with Crippen LogP contribution >= 0.6 is 11.3 Å². The second kappa shape index (κ2) is 4.44. The van der Waals surface area contributed by atoms with E-state index < -0.39 is 0 Å². The molecule has 1 aromatic heterocycles. The van der Waals surface area contributed by atoms with E-state index in [9.17, 15) is 9.59 Å². The van der Waals surface area contributed by atoms with Crippen LogP contribution in [0, 0.1) is 0 Å². The maximum atomic E-state index is 11.6. The van der Waals surface area contributed by atoms with Gasteiger partial charge in [-0.3, -0.25) is 9.59 Å². The Labute approximate surface area is 91.9 Å². The van der Waals surface area contributed by atoms with E-state index in [1.54, 1.807) is 16.2 Å². The normalized spacial score (nSPS) is 17.5. The predicted molar refractivity (Wildman–Crippen MR) is 57.4 cm³/mol. The van der Waals surface area contributed by atoms with Gasteiger partial charge >= 0.3 is 0 Å². The van der Waals surface area contributed by atoms with Crippen molar-refractivity contribution in [1.82, 2.24) is 10.2 Å². The van der Waals surface area contributed by atoms with Crippen molar-refractivity contribution in [2.24, 2.45) is 0 Å². The number of nitrogens with zero attached hydrogens (tertiary/aromatic N) is 1. The Hall–Kier alpha value is -1.36. The van der Waals surface area contributed by atoms with E-state index in [1.165, 1.54) is 0 Å². The SMILES string of the molecule is O=C1CCN(Cc2ccsc2)C(=O)CN1. The van der Waals surface area contributed by atoms with E-state index in [2.05, 4.69) is 5.32 Å². The fourth-order valence-corrected chi connectivity index (χ4v) is 2.17. The number of carbonyl (C=O) groups excluding carboxylic acids is 2. The van der Waals surface area contributed by atoms with Crippen LogP contribution in [-0.4, -0.2) is 29.8 Å². The van der Waals surface area contributed by atoms with Gasteiger partial charge in [-0.25, -0.2) is 0 Å². The van der Waals surface area contributed by atoms with Crippen LogP contribution in [0.25, 0.3) is 0 Å². The Kier molecular flexibility index (Phi) is 3.01. The fraction of sp³-hybridized carbons (Fsp3) is 0.400. The van der Waals surface area contributed by atoms with Gasteiger partial charge in [0.15, 0.2) is 0 Å². The van der Waals surface area contributed by atoms with Gasteiger partial charge in [0.25, 0.3) is 0 Å². The van der Waals surface area contributed by atoms with Crippen molar-refractivity contribution in [3.05, 3.63) is 22.4 Å². The number of rotatable bonds is 2. The molecule has 1 N–H and O–H groups in total. The molecule has 1 aromatic rings. The summed E-state index contributed by atoms with van der Waals surface area (Å²) >= 11 is 1.61. The Bertz CT molecular complexity index is 362. The van der Waals surface area contributed by atoms with Crippen molar-refractivity contribution in [3.63, 3.8) is 0 Å². The second-order valence-corrected chi connectivity index (χ2v) is 4.25. The highest BCUT2D eigenvalue weighted by Crippen LogP contribution is 2.10. The lowest BCUT2D eigenvalue weighted by molar-refractivity contribution is -0.130. The van der Waals surface area contributed by atoms with Crippen molar-refractivity contribution < 1.29 is 9.59 Å². The summed E-state index contributed by atoms with van der Waals surface area (Å²) in [7, 11) is 0. The van der Waals surface area contributed by atoms with E-state index in [0.717, 1.165) is 5.56 Å². The molecule has 0 aromatic carbocycles. The molecular formula is C10H12N2O2S. The molecule has 5 heteroatoms. The molecule has 15 heavy (non-hydrogen) atoms. The van der Waals surface area contributed by atoms with E-state index in [4.69, 9.17) is 0 Å². The van der Waals surface area contributed by atoms with Gasteiger partial charge < -0.3 is 10.2 Å². The minimum absolute atomic E-state index is 0.00736. The van der Waals surface area contributed by atoms with Gasteiger partial charge in [-0.05, 0) is 22.4 Å². The summed E-state index contributed by atoms with van der Waals surface area (Å²) in [5.41, 5.74) is 1.13. The molecule has 0 atom stereocenters. The number of amides is 2. The lowest BCUT2D eigenvalue weighted by Crippen LogP contribution is -2.34. The molecule has 2 heterocycles. The smallest absolute Gasteiger partial charge is 0.242 e. The topological polar surface area (TPSA) is 49.4 Å². The summed E-state index contributed by atoms with van der Waals surface area (Å²) in [6.45, 7) is 1.25. The van der Waals surface area contributed by atoms with Crippen LogP contribution in [0.15, 0.2) is 16.8 Å². The second-order valence-electron chi connectivity index (χ2n) is 3.47. The zero-order valence-electron chi connectivity index (χ0n) is 8.23. The standard InChI is InChI=1S/C10H12N2O2S/c13-9-1-3-12(10(14)5-11-9)6-8-2-4-15-7-8/h2,4,7H,1,3,5-6H2,(H,11,13). The number of hydrogen-bond donors (Lipinski definition) is 1. The Balaban J connectivity index is 2.01. The van der Waals surface area contributed by atoms with E-state index in [1.807, 2.05) is 16.8 Å². The van der Waals surface area contributed by atoms with Gasteiger partial charge in [-0.15, -0.1) is 0 Å². The van der Waals surface area contributed by atoms with Gasteiger partial charge in [0.05, 0.1) is 6.54 Å². The highest BCUT2D eigenvalue weighted by atomic mass is 32.1. The molecular weight excluding hydrogens is 212 g/mol. The lowest BCUT2D eigenvalue weighted by atomic mass is 10.3. The quantitative estimate of drug-likeness (QED) is 0.799. The molecule has 0 spiro atoms. The van der Waals surface area contributed by atoms with Crippen molar-refractivity contribution in [1.29, 1.82) is 0 Å². The average molecular weight is 224 g/mol. The van der Waals surface area contributed by atoms with Gasteiger partial charge in [-0.1, -0.05) is 0 Å². The van der Waals surface area contributed by atoms with Crippen LogP contribution in [-0.2, 0) is 16.1 Å². The predicted octanol–water partition coefficient (Wildman–Crippen LogP) is 0.597. The Morgan fingerprint density at radius 2 is 2.33 bits per heavy atom. The molecule has 1 aliphatic rings. The van der Waals surface area contributed by atoms with Crippen molar-refractivity contribution in [3.8, 4) is 0 Å². The number of thiophene rings is 1. The number of carbonyl (C=O) groups is 2. The maximum Gasteiger partial charge on any atom is 0.242 e. The van der Waals surface area contributed by atoms with Crippen molar-refractivity contribution in [2.75, 3.05) is 13.1 Å². The molecule has 2 amide bonds. The third-order valence-corrected chi connectivity index (χ3v) is 3.08. The van der Waals surface area contributed by atoms with Gasteiger partial charge in [0.2, 0.25) is 11.8 Å². The molecule has 80 valence electrons. The van der Waals surface area contributed by atoms with Gasteiger partial charge in [-0.2, -0.15) is 11.3 Å². The first-order chi connectivity index (χ1) is 7.25. The Morgan fingerprint density at radius 3 is 3.07 bits per heavy atom. The highest BCUT2D eigenvalue weighted by Gasteiger charge is 2.19. The van der Waals surface area contributed by atoms with E-state index >= 15 is 0 Å². The molecule has 1 saturated heterocycles. The first kappa shape index (κ1) is 10.2. The molecule has 0 aliphatic carbocycles. The van der Waals surface area contributed by atoms with Crippen LogP contribution in [0.5, 0.6) is 0 Å². The first-order valence-electron chi connectivity index (χ1n) is 4.81. The summed E-state index contributed by atoms with van der Waals surface area (Å²) < 4.78 is 0. The summed E-state index contributed by atoms with van der Waals surface area (Å²) in [4.78, 5) is 24.4. The minimum atomic E-state index is -0.0452. The van der Waals surface area contributed by atoms with Gasteiger partial charge in [0.1, 0.15) is 0 Å². The molecule has 1 aliphatic heterocycles. The minimum Gasteiger partial charge on any atom is -0.347 e. The average Bonchev–Trinajstić information content (AvgIpc) is 2.67. The zero-order valence-corrected chi connectivity index (χ0v) is 9.05. The molecule has 0 radical (unpaired) electrons. The third-order valence-electron chi connectivity index (χ3n) is 2.35. The van der Waals surface area contributed by atoms with Crippen LogP contribution < -0.4 is 5.32 Å². The van der Waals surface area contributed by atoms with Crippen LogP contribution in [0.4, 0.5) is 0 Å². The first-order valence-corrected chi connectivity index (χ1v) is 5.75. The molecule has 0 unspecified atom stereocenters. The molecule has 0 bridgehead atoms. The van der Waals surface area contributed by atoms with Crippen LogP contribution in [0.2, 0.25) is 0 Å². The van der Waals surface area contributed by atoms with Crippen LogP contribution in [0.1, 0.15) is 12.0 Å². The molecule has 0 saturated carbocycles. The summed E-state index contributed by atoms with van der Waals surface area (Å²) in [5.74, 6) is -0.0526. The zero-order chi connectivity index (χ0) is 10.7. The van der Waals surface area contributed by atoms with Crippen molar-refractivity contribution in [2.45, 2.75) is 13.0 Å². The highest BCUT2D eigenvalue weighted by molar-refractivity contribution is 7.07. The van der Waals surface area contributed by atoms with Crippen molar-refractivity contribution >= 4 is 23.2 Å². The van der Waals surface area contributed by atoms with E-state index in [-0.39, 0.29) is 18.4 Å². The van der Waals surface area contributed by atoms with Gasteiger partial charge in [0, 0.05) is 19.5 Å². The summed E-state index contributed by atoms with van der Waals surface area (Å²) in [6.07, 6.45) is 0.399. The third kappa shape index (κ3) is 2.56. The summed E-state index contributed by atoms with van der Waals surface area (Å²) in [5, 5.41) is 6.58. The fourth-order valence-electron chi connectivity index (χ4n) is 1.51. The van der Waals surface area contributed by atoms with Crippen LogP contribution in [0.3, 0.4) is 0 Å². The Morgan fingerprint density at radius 1 is 1.47 bits per heavy atom. The number of nitrogens with one attached hydrogen (secondary N) is 1. The molecule has 2 rings (SSSR count). The number of hydrogen-bond acceptors (Lipinski definition) is 3.